The molecule has 0 saturated heterocycles. The maximum Gasteiger partial charge on any atom is 0.175 e. The number of rotatable bonds is 4. The lowest BCUT2D eigenvalue weighted by Gasteiger charge is -2.07. The van der Waals surface area contributed by atoms with Gasteiger partial charge in [-0.05, 0) is 17.7 Å². The Kier molecular flexibility index (Phi) is 3.78. The molecule has 0 aliphatic heterocycles. The fourth-order valence-electron chi connectivity index (χ4n) is 1.17. The van der Waals surface area contributed by atoms with Crippen LogP contribution in [0.5, 0.6) is 0 Å². The van der Waals surface area contributed by atoms with Crippen LogP contribution in [0.1, 0.15) is 5.56 Å². The normalized spacial score (nSPS) is 11.7. The predicted molar refractivity (Wildman–Crippen MR) is 53.4 cm³/mol. The Morgan fingerprint density at radius 2 is 2.13 bits per heavy atom. The fraction of sp³-hybridized carbons (Fsp3) is 0.333. The highest BCUT2D eigenvalue weighted by Gasteiger charge is 2.13. The lowest BCUT2D eigenvalue weighted by atomic mass is 10.2. The molecule has 6 heteroatoms. The van der Waals surface area contributed by atoms with Crippen LogP contribution in [0.15, 0.2) is 23.1 Å². The summed E-state index contributed by atoms with van der Waals surface area (Å²) in [5, 5.41) is 0. The summed E-state index contributed by atoms with van der Waals surface area (Å²) < 4.78 is 35.6. The molecule has 1 rings (SSSR count). The van der Waals surface area contributed by atoms with Crippen LogP contribution in [0, 0.1) is 5.82 Å². The van der Waals surface area contributed by atoms with Gasteiger partial charge < -0.3 is 4.84 Å². The van der Waals surface area contributed by atoms with Crippen LogP contribution in [0.25, 0.3) is 0 Å². The molecule has 0 amide bonds. The van der Waals surface area contributed by atoms with E-state index in [-0.39, 0.29) is 11.4 Å². The molecular formula is C9H12FNO3S. The van der Waals surface area contributed by atoms with E-state index < -0.39 is 15.7 Å². The van der Waals surface area contributed by atoms with Gasteiger partial charge in [-0.2, -0.15) is 5.48 Å². The van der Waals surface area contributed by atoms with E-state index in [1.165, 1.54) is 19.2 Å². The molecule has 0 aromatic heterocycles. The van der Waals surface area contributed by atoms with Crippen molar-refractivity contribution in [3.05, 3.63) is 29.6 Å². The molecule has 0 fully saturated rings. The van der Waals surface area contributed by atoms with Crippen molar-refractivity contribution in [3.8, 4) is 0 Å². The highest BCUT2D eigenvalue weighted by Crippen LogP contribution is 2.17. The minimum atomic E-state index is -3.42. The number of hydrogen-bond donors (Lipinski definition) is 1. The Labute approximate surface area is 87.9 Å². The first-order chi connectivity index (χ1) is 6.95. The van der Waals surface area contributed by atoms with E-state index in [1.807, 2.05) is 0 Å². The molecule has 84 valence electrons. The molecule has 0 saturated carbocycles. The molecule has 0 heterocycles. The van der Waals surface area contributed by atoms with Gasteiger partial charge in [0.15, 0.2) is 9.84 Å². The van der Waals surface area contributed by atoms with Crippen molar-refractivity contribution < 1.29 is 17.6 Å². The number of hydroxylamine groups is 1. The van der Waals surface area contributed by atoms with Crippen molar-refractivity contribution in [3.63, 3.8) is 0 Å². The summed E-state index contributed by atoms with van der Waals surface area (Å²) in [6.45, 7) is 0.208. The highest BCUT2D eigenvalue weighted by atomic mass is 32.2. The largest absolute Gasteiger partial charge is 0.305 e. The lowest BCUT2D eigenvalue weighted by Crippen LogP contribution is -2.14. The van der Waals surface area contributed by atoms with Crippen molar-refractivity contribution >= 4 is 9.84 Å². The van der Waals surface area contributed by atoms with E-state index in [4.69, 9.17) is 0 Å². The summed E-state index contributed by atoms with van der Waals surface area (Å²) in [6, 6.07) is 3.63. The summed E-state index contributed by atoms with van der Waals surface area (Å²) in [7, 11) is -2.00. The van der Waals surface area contributed by atoms with Crippen LogP contribution in [0.4, 0.5) is 4.39 Å². The first-order valence-corrected chi connectivity index (χ1v) is 6.08. The summed E-state index contributed by atoms with van der Waals surface area (Å²) in [6.07, 6.45) is 1.04. The van der Waals surface area contributed by atoms with Crippen molar-refractivity contribution in [1.29, 1.82) is 0 Å². The van der Waals surface area contributed by atoms with Crippen LogP contribution in [-0.4, -0.2) is 21.8 Å². The van der Waals surface area contributed by atoms with Gasteiger partial charge in [-0.25, -0.2) is 12.8 Å². The molecule has 4 nitrogen and oxygen atoms in total. The zero-order valence-electron chi connectivity index (χ0n) is 8.45. The average Bonchev–Trinajstić information content (AvgIpc) is 2.14. The zero-order valence-corrected chi connectivity index (χ0v) is 9.27. The quantitative estimate of drug-likeness (QED) is 0.784. The van der Waals surface area contributed by atoms with Gasteiger partial charge >= 0.3 is 0 Å². The maximum absolute atomic E-state index is 12.9. The molecule has 15 heavy (non-hydrogen) atoms. The van der Waals surface area contributed by atoms with Gasteiger partial charge in [-0.15, -0.1) is 0 Å². The Morgan fingerprint density at radius 3 is 2.67 bits per heavy atom. The van der Waals surface area contributed by atoms with Crippen molar-refractivity contribution in [1.82, 2.24) is 5.48 Å². The second-order valence-electron chi connectivity index (χ2n) is 3.05. The number of sulfone groups is 1. The third-order valence-corrected chi connectivity index (χ3v) is 3.01. The standard InChI is InChI=1S/C9H12FNO3S/c1-14-11-6-7-3-4-8(10)5-9(7)15(2,12)13/h3-5,11H,6H2,1-2H3. The van der Waals surface area contributed by atoms with Crippen LogP contribution in [0.3, 0.4) is 0 Å². The third kappa shape index (κ3) is 3.26. The Balaban J connectivity index is 3.15. The van der Waals surface area contributed by atoms with Crippen LogP contribution < -0.4 is 5.48 Å². The topological polar surface area (TPSA) is 55.4 Å². The Hall–Kier alpha value is -0.980. The van der Waals surface area contributed by atoms with Crippen molar-refractivity contribution in [2.75, 3.05) is 13.4 Å². The van der Waals surface area contributed by atoms with Crippen LogP contribution in [-0.2, 0) is 21.2 Å². The van der Waals surface area contributed by atoms with E-state index >= 15 is 0 Å². The molecule has 0 spiro atoms. The van der Waals surface area contributed by atoms with Gasteiger partial charge in [0.1, 0.15) is 5.82 Å². The molecule has 1 N–H and O–H groups in total. The number of benzene rings is 1. The van der Waals surface area contributed by atoms with Crippen LogP contribution >= 0.6 is 0 Å². The monoisotopic (exact) mass is 233 g/mol. The number of nitrogens with one attached hydrogen (secondary N) is 1. The summed E-state index contributed by atoms with van der Waals surface area (Å²) in [5.41, 5.74) is 2.98. The van der Waals surface area contributed by atoms with Crippen molar-refractivity contribution in [2.24, 2.45) is 0 Å². The van der Waals surface area contributed by atoms with E-state index in [1.54, 1.807) is 0 Å². The molecule has 0 radical (unpaired) electrons. The SMILES string of the molecule is CONCc1ccc(F)cc1S(C)(=O)=O. The second-order valence-corrected chi connectivity index (χ2v) is 5.03. The molecule has 0 unspecified atom stereocenters. The average molecular weight is 233 g/mol. The molecule has 0 atom stereocenters. The maximum atomic E-state index is 12.9. The molecule has 1 aromatic rings. The summed E-state index contributed by atoms with van der Waals surface area (Å²) in [5.74, 6) is -0.573. The van der Waals surface area contributed by atoms with Gasteiger partial charge in [-0.3, -0.25) is 0 Å². The van der Waals surface area contributed by atoms with Gasteiger partial charge in [-0.1, -0.05) is 6.07 Å². The molecule has 0 aliphatic carbocycles. The van der Waals surface area contributed by atoms with Gasteiger partial charge in [0.05, 0.1) is 12.0 Å². The smallest absolute Gasteiger partial charge is 0.175 e. The molecule has 1 aromatic carbocycles. The van der Waals surface area contributed by atoms with E-state index in [2.05, 4.69) is 10.3 Å². The minimum Gasteiger partial charge on any atom is -0.305 e. The Morgan fingerprint density at radius 1 is 1.47 bits per heavy atom. The first kappa shape index (κ1) is 12.1. The predicted octanol–water partition coefficient (Wildman–Crippen LogP) is 0.880. The minimum absolute atomic E-state index is 0.0212. The van der Waals surface area contributed by atoms with Crippen molar-refractivity contribution in [2.45, 2.75) is 11.4 Å². The number of halogens is 1. The number of hydrogen-bond acceptors (Lipinski definition) is 4. The molecule has 0 aliphatic rings. The van der Waals surface area contributed by atoms with Gasteiger partial charge in [0.2, 0.25) is 0 Å². The Bertz CT molecular complexity index is 445. The van der Waals surface area contributed by atoms with E-state index in [0.29, 0.717) is 5.56 Å². The van der Waals surface area contributed by atoms with Gasteiger partial charge in [0.25, 0.3) is 0 Å². The summed E-state index contributed by atoms with van der Waals surface area (Å²) >= 11 is 0. The van der Waals surface area contributed by atoms with E-state index in [0.717, 1.165) is 12.3 Å². The fourth-order valence-corrected chi connectivity index (χ4v) is 2.11. The second kappa shape index (κ2) is 4.69. The molecule has 0 bridgehead atoms. The van der Waals surface area contributed by atoms with E-state index in [9.17, 15) is 12.8 Å². The zero-order chi connectivity index (χ0) is 11.5. The summed E-state index contributed by atoms with van der Waals surface area (Å²) in [4.78, 5) is 4.58. The molecular weight excluding hydrogens is 221 g/mol. The highest BCUT2D eigenvalue weighted by molar-refractivity contribution is 7.90. The first-order valence-electron chi connectivity index (χ1n) is 4.19. The lowest BCUT2D eigenvalue weighted by molar-refractivity contribution is 0.0861. The van der Waals surface area contributed by atoms with Gasteiger partial charge in [0, 0.05) is 12.8 Å². The van der Waals surface area contributed by atoms with Crippen LogP contribution in [0.2, 0.25) is 0 Å². The third-order valence-electron chi connectivity index (χ3n) is 1.84.